The van der Waals surface area contributed by atoms with E-state index in [-0.39, 0.29) is 43.1 Å². The first-order valence-electron chi connectivity index (χ1n) is 12.3. The zero-order chi connectivity index (χ0) is 26.7. The van der Waals surface area contributed by atoms with Gasteiger partial charge in [0.05, 0.1) is 19.6 Å². The van der Waals surface area contributed by atoms with Gasteiger partial charge in [0, 0.05) is 31.8 Å². The molecule has 0 radical (unpaired) electrons. The lowest BCUT2D eigenvalue weighted by Crippen LogP contribution is -2.33. The summed E-state index contributed by atoms with van der Waals surface area (Å²) >= 11 is 0. The van der Waals surface area contributed by atoms with Crippen molar-refractivity contribution in [2.75, 3.05) is 13.2 Å². The van der Waals surface area contributed by atoms with Crippen molar-refractivity contribution in [2.45, 2.75) is 50.7 Å². The van der Waals surface area contributed by atoms with Crippen LogP contribution in [-0.2, 0) is 23.1 Å². The van der Waals surface area contributed by atoms with Crippen LogP contribution >= 0.6 is 10.8 Å². The fourth-order valence-electron chi connectivity index (χ4n) is 4.58. The second-order valence-corrected chi connectivity index (χ2v) is 11.4. The number of carbonyl (C=O) groups excluding carboxylic acids is 1. The number of ether oxygens (including phenoxy) is 2. The molecule has 0 saturated heterocycles. The highest BCUT2D eigenvalue weighted by Crippen LogP contribution is 2.57. The Kier molecular flexibility index (Phi) is 8.08. The number of carbonyl (C=O) groups is 1. The molecule has 198 valence electrons. The number of hydrogen-bond acceptors (Lipinski definition) is 7. The topological polar surface area (TPSA) is 101 Å². The van der Waals surface area contributed by atoms with Crippen LogP contribution in [0.2, 0.25) is 0 Å². The fourth-order valence-corrected chi connectivity index (χ4v) is 6.24. The van der Waals surface area contributed by atoms with Gasteiger partial charge in [-0.25, -0.2) is 0 Å². The lowest BCUT2D eigenvalue weighted by Gasteiger charge is -2.42. The van der Waals surface area contributed by atoms with E-state index in [4.69, 9.17) is 9.47 Å². The van der Waals surface area contributed by atoms with Crippen molar-refractivity contribution < 1.29 is 23.4 Å². The molecule has 0 bridgehead atoms. The maximum absolute atomic E-state index is 12.5. The molecule has 0 amide bonds. The number of aromatic nitrogens is 1. The first-order valence-corrected chi connectivity index (χ1v) is 13.8. The van der Waals surface area contributed by atoms with E-state index in [1.54, 1.807) is 48.7 Å². The molecule has 0 saturated carbocycles. The molecule has 4 rings (SSSR count). The van der Waals surface area contributed by atoms with Crippen LogP contribution in [0, 0.1) is 6.92 Å². The summed E-state index contributed by atoms with van der Waals surface area (Å²) in [6.45, 7) is 6.50. The van der Waals surface area contributed by atoms with Crippen LogP contribution in [0.5, 0.6) is 5.75 Å². The highest BCUT2D eigenvalue weighted by Gasteiger charge is 2.34. The van der Waals surface area contributed by atoms with Gasteiger partial charge < -0.3 is 14.0 Å². The minimum absolute atomic E-state index is 0.0840. The molecular weight excluding hydrogens is 492 g/mol. The summed E-state index contributed by atoms with van der Waals surface area (Å²) in [5, 5.41) is 0. The molecule has 2 atom stereocenters. The van der Waals surface area contributed by atoms with Crippen molar-refractivity contribution in [2.24, 2.45) is 7.05 Å². The summed E-state index contributed by atoms with van der Waals surface area (Å²) in [5.74, 6) is -0.262. The smallest absolute Gasteiger partial charge is 0.306 e. The molecule has 3 aromatic rings. The maximum atomic E-state index is 12.5. The summed E-state index contributed by atoms with van der Waals surface area (Å²) in [6.07, 6.45) is 1.52. The number of para-hydroxylation sites is 1. The van der Waals surface area contributed by atoms with Crippen LogP contribution in [0.4, 0.5) is 0 Å². The lowest BCUT2D eigenvalue weighted by atomic mass is 9.87. The minimum atomic E-state index is -3.30. The third-order valence-electron chi connectivity index (χ3n) is 6.62. The summed E-state index contributed by atoms with van der Waals surface area (Å²) in [5.41, 5.74) is 3.27. The summed E-state index contributed by atoms with van der Waals surface area (Å²) in [6, 6.07) is 16.3. The van der Waals surface area contributed by atoms with Crippen LogP contribution in [0.25, 0.3) is 0 Å². The Balaban J connectivity index is 1.72. The zero-order valence-electron chi connectivity index (χ0n) is 21.6. The van der Waals surface area contributed by atoms with Crippen LogP contribution in [-0.4, -0.2) is 43.2 Å². The third kappa shape index (κ3) is 5.91. The number of pyridine rings is 1. The predicted octanol–water partition coefficient (Wildman–Crippen LogP) is 5.09. The Labute approximate surface area is 218 Å². The Morgan fingerprint density at radius 2 is 1.89 bits per heavy atom. The number of nitrogens with zero attached hydrogens (tertiary/aromatic N) is 2. The van der Waals surface area contributed by atoms with Gasteiger partial charge in [0.25, 0.3) is 5.56 Å². The third-order valence-corrected chi connectivity index (χ3v) is 8.55. The number of esters is 1. The number of rotatable bonds is 7. The number of hydrogen-bond donors (Lipinski definition) is 2. The van der Waals surface area contributed by atoms with E-state index in [1.807, 2.05) is 44.2 Å². The Morgan fingerprint density at radius 3 is 2.62 bits per heavy atom. The molecule has 1 aliphatic rings. The van der Waals surface area contributed by atoms with Gasteiger partial charge in [0.15, 0.2) is 0 Å². The normalized spacial score (nSPS) is 18.7. The van der Waals surface area contributed by atoms with Crippen LogP contribution < -0.4 is 10.3 Å². The van der Waals surface area contributed by atoms with E-state index in [2.05, 4.69) is 0 Å². The maximum Gasteiger partial charge on any atom is 0.306 e. The van der Waals surface area contributed by atoms with E-state index in [0.717, 1.165) is 22.3 Å². The largest absolute Gasteiger partial charge is 0.487 e. The predicted molar refractivity (Wildman–Crippen MR) is 144 cm³/mol. The Morgan fingerprint density at radius 1 is 1.16 bits per heavy atom. The van der Waals surface area contributed by atoms with Crippen molar-refractivity contribution in [1.82, 2.24) is 8.87 Å². The van der Waals surface area contributed by atoms with Crippen molar-refractivity contribution in [3.05, 3.63) is 93.4 Å². The first-order chi connectivity index (χ1) is 17.6. The van der Waals surface area contributed by atoms with Gasteiger partial charge in [-0.2, -0.15) is 4.31 Å². The Hall–Kier alpha value is -3.11. The van der Waals surface area contributed by atoms with Crippen molar-refractivity contribution in [1.29, 1.82) is 0 Å². The van der Waals surface area contributed by atoms with E-state index in [9.17, 15) is 18.7 Å². The molecule has 8 nitrogen and oxygen atoms in total. The highest BCUT2D eigenvalue weighted by molar-refractivity contribution is 8.22. The molecular formula is C28H34N2O6S. The van der Waals surface area contributed by atoms with Crippen molar-refractivity contribution in [3.8, 4) is 5.75 Å². The van der Waals surface area contributed by atoms with Gasteiger partial charge >= 0.3 is 5.97 Å². The summed E-state index contributed by atoms with van der Waals surface area (Å²) < 4.78 is 37.0. The molecule has 9 heteroatoms. The SMILES string of the molecule is CCOC(=O)CC(c1ccc(C)c(CN2CC(C)Oc3ccccc3S2(O)O)c1)c1ccn(C)c(=O)c1. The zero-order valence-corrected chi connectivity index (χ0v) is 22.4. The quantitative estimate of drug-likeness (QED) is 0.414. The number of fused-ring (bicyclic) bond motifs is 1. The molecule has 1 aliphatic heterocycles. The van der Waals surface area contributed by atoms with Crippen LogP contribution in [0.15, 0.2) is 70.5 Å². The van der Waals surface area contributed by atoms with Gasteiger partial charge in [0.2, 0.25) is 0 Å². The van der Waals surface area contributed by atoms with E-state index in [1.165, 1.54) is 4.57 Å². The second kappa shape index (κ2) is 11.1. The summed E-state index contributed by atoms with van der Waals surface area (Å²) in [4.78, 5) is 25.3. The van der Waals surface area contributed by atoms with Gasteiger partial charge in [-0.3, -0.25) is 18.7 Å². The average Bonchev–Trinajstić information content (AvgIpc) is 2.94. The molecule has 2 unspecified atom stereocenters. The first kappa shape index (κ1) is 26.9. The molecule has 0 aliphatic carbocycles. The Bertz CT molecular complexity index is 1340. The highest BCUT2D eigenvalue weighted by atomic mass is 32.3. The monoisotopic (exact) mass is 526 g/mol. The van der Waals surface area contributed by atoms with Gasteiger partial charge in [0.1, 0.15) is 16.7 Å². The van der Waals surface area contributed by atoms with E-state index in [0.29, 0.717) is 17.2 Å². The number of benzene rings is 2. The van der Waals surface area contributed by atoms with E-state index < -0.39 is 10.8 Å². The van der Waals surface area contributed by atoms with Crippen LogP contribution in [0.1, 0.15) is 48.4 Å². The van der Waals surface area contributed by atoms with E-state index >= 15 is 0 Å². The minimum Gasteiger partial charge on any atom is -0.487 e. The molecule has 0 fully saturated rings. The molecule has 37 heavy (non-hydrogen) atoms. The fraction of sp³-hybridized carbons (Fsp3) is 0.357. The molecule has 2 heterocycles. The van der Waals surface area contributed by atoms with Gasteiger partial charge in [-0.05, 0) is 61.2 Å². The second-order valence-electron chi connectivity index (χ2n) is 9.37. The number of aryl methyl sites for hydroxylation is 2. The van der Waals surface area contributed by atoms with Gasteiger partial charge in [-0.15, -0.1) is 10.8 Å². The van der Waals surface area contributed by atoms with Crippen LogP contribution in [0.3, 0.4) is 0 Å². The lowest BCUT2D eigenvalue weighted by molar-refractivity contribution is -0.143. The summed E-state index contributed by atoms with van der Waals surface area (Å²) in [7, 11) is -1.62. The van der Waals surface area contributed by atoms with Crippen molar-refractivity contribution >= 4 is 16.7 Å². The molecule has 0 spiro atoms. The molecule has 1 aromatic heterocycles. The standard InChI is InChI=1S/C28H34N2O6S/c1-5-35-28(32)16-24(22-12-13-29(4)27(31)15-22)21-11-10-19(2)23(14-21)18-30-17-20(3)36-25-8-6-7-9-26(25)37(30,33)34/h6-15,20,24,33-34H,5,16-18H2,1-4H3. The molecule has 2 N–H and O–H groups in total. The van der Waals surface area contributed by atoms with Gasteiger partial charge in [-0.1, -0.05) is 30.3 Å². The average molecular weight is 527 g/mol. The molecule has 2 aromatic carbocycles. The van der Waals surface area contributed by atoms with Crippen molar-refractivity contribution in [3.63, 3.8) is 0 Å².